The molecule has 1 amide bonds. The number of aryl methyl sites for hydroxylation is 1. The van der Waals surface area contributed by atoms with E-state index >= 15 is 0 Å². The summed E-state index contributed by atoms with van der Waals surface area (Å²) in [7, 11) is 0. The van der Waals surface area contributed by atoms with Gasteiger partial charge in [-0.2, -0.15) is 4.98 Å². The number of benzene rings is 1. The van der Waals surface area contributed by atoms with Gasteiger partial charge in [-0.25, -0.2) is 0 Å². The van der Waals surface area contributed by atoms with Crippen molar-refractivity contribution in [1.82, 2.24) is 15.0 Å². The van der Waals surface area contributed by atoms with Crippen LogP contribution in [-0.2, 0) is 9.53 Å². The normalized spacial score (nSPS) is 20.1. The summed E-state index contributed by atoms with van der Waals surface area (Å²) in [4.78, 5) is 21.1. The van der Waals surface area contributed by atoms with Crippen molar-refractivity contribution in [3.05, 3.63) is 47.9 Å². The quantitative estimate of drug-likeness (QED) is 0.810. The third kappa shape index (κ3) is 4.25. The smallest absolute Gasteiger partial charge is 0.266 e. The molecule has 2 aromatic rings. The fraction of sp³-hybridized carbons (Fsp3) is 0.476. The molecule has 2 aliphatic heterocycles. The summed E-state index contributed by atoms with van der Waals surface area (Å²) in [6, 6.07) is 10.1. The molecule has 0 aliphatic carbocycles. The predicted octanol–water partition coefficient (Wildman–Crippen LogP) is 2.68. The molecule has 0 saturated carbocycles. The van der Waals surface area contributed by atoms with Crippen LogP contribution in [0.3, 0.4) is 0 Å². The highest BCUT2D eigenvalue weighted by Gasteiger charge is 2.41. The zero-order valence-electron chi connectivity index (χ0n) is 16.2. The van der Waals surface area contributed by atoms with E-state index in [0.29, 0.717) is 38.0 Å². The van der Waals surface area contributed by atoms with Gasteiger partial charge in [-0.3, -0.25) is 4.79 Å². The number of amides is 1. The van der Waals surface area contributed by atoms with Crippen LogP contribution >= 0.6 is 0 Å². The predicted molar refractivity (Wildman–Crippen MR) is 106 cm³/mol. The molecule has 0 bridgehead atoms. The van der Waals surface area contributed by atoms with Crippen LogP contribution in [0.4, 0.5) is 5.95 Å². The first-order valence-electron chi connectivity index (χ1n) is 9.82. The molecule has 7 nitrogen and oxygen atoms in total. The highest BCUT2D eigenvalue weighted by atomic mass is 16.5. The molecule has 2 aliphatic rings. The Morgan fingerprint density at radius 1 is 1.18 bits per heavy atom. The number of hydrogen-bond acceptors (Lipinski definition) is 6. The minimum absolute atomic E-state index is 0.166. The van der Waals surface area contributed by atoms with E-state index in [4.69, 9.17) is 9.26 Å². The van der Waals surface area contributed by atoms with Crippen molar-refractivity contribution in [1.29, 1.82) is 0 Å². The zero-order chi connectivity index (χ0) is 19.4. The molecule has 2 saturated heterocycles. The number of hydrogen-bond donors (Lipinski definition) is 0. The van der Waals surface area contributed by atoms with Gasteiger partial charge in [-0.05, 0) is 23.6 Å². The minimum atomic E-state index is -0.371. The first-order chi connectivity index (χ1) is 13.6. The molecule has 0 radical (unpaired) electrons. The lowest BCUT2D eigenvalue weighted by molar-refractivity contribution is -0.133. The van der Waals surface area contributed by atoms with Gasteiger partial charge in [0.25, 0.3) is 5.95 Å². The summed E-state index contributed by atoms with van der Waals surface area (Å²) in [6.07, 6.45) is 6.12. The summed E-state index contributed by atoms with van der Waals surface area (Å²) < 4.78 is 11.3. The first kappa shape index (κ1) is 18.7. The fourth-order valence-corrected chi connectivity index (χ4v) is 3.86. The fourth-order valence-electron chi connectivity index (χ4n) is 3.86. The topological polar surface area (TPSA) is 71.7 Å². The Labute approximate surface area is 165 Å². The van der Waals surface area contributed by atoms with E-state index in [1.807, 2.05) is 29.2 Å². The molecule has 28 heavy (non-hydrogen) atoms. The second-order valence-electron chi connectivity index (χ2n) is 7.46. The Morgan fingerprint density at radius 2 is 1.96 bits per heavy atom. The van der Waals surface area contributed by atoms with Crippen molar-refractivity contribution in [2.24, 2.45) is 0 Å². The van der Waals surface area contributed by atoms with E-state index < -0.39 is 0 Å². The highest BCUT2D eigenvalue weighted by molar-refractivity contribution is 5.78. The first-order valence-corrected chi connectivity index (χ1v) is 9.82. The van der Waals surface area contributed by atoms with Gasteiger partial charge >= 0.3 is 0 Å². The van der Waals surface area contributed by atoms with Gasteiger partial charge in [0, 0.05) is 33.1 Å². The maximum Gasteiger partial charge on any atom is 0.266 e. The Kier molecular flexibility index (Phi) is 5.43. The molecule has 0 atom stereocenters. The van der Waals surface area contributed by atoms with Crippen LogP contribution in [0.2, 0.25) is 0 Å². The van der Waals surface area contributed by atoms with E-state index in [0.717, 1.165) is 31.5 Å². The molecule has 4 rings (SSSR count). The summed E-state index contributed by atoms with van der Waals surface area (Å²) in [5.41, 5.74) is 0.770. The molecular weight excluding hydrogens is 356 g/mol. The molecule has 7 heteroatoms. The standard InChI is InChI=1S/C21H26N4O3/c1-17-22-20(23-28-17)25-12-9-21(10-13-25)16-19(26)24(14-15-27-21)11-5-8-18-6-3-2-4-7-18/h2-8H,9-16H2,1H3. The van der Waals surface area contributed by atoms with Crippen LogP contribution in [-0.4, -0.2) is 59.3 Å². The Morgan fingerprint density at radius 3 is 2.68 bits per heavy atom. The molecule has 0 unspecified atom stereocenters. The average Bonchev–Trinajstić information content (AvgIpc) is 3.08. The number of piperidine rings is 1. The van der Waals surface area contributed by atoms with Crippen LogP contribution in [0.25, 0.3) is 6.08 Å². The third-order valence-corrected chi connectivity index (χ3v) is 5.51. The van der Waals surface area contributed by atoms with Crippen LogP contribution in [0.15, 0.2) is 40.9 Å². The lowest BCUT2D eigenvalue weighted by Crippen LogP contribution is -2.47. The van der Waals surface area contributed by atoms with Gasteiger partial charge in [0.05, 0.1) is 18.6 Å². The average molecular weight is 382 g/mol. The van der Waals surface area contributed by atoms with Crippen molar-refractivity contribution in [2.45, 2.75) is 31.8 Å². The lowest BCUT2D eigenvalue weighted by atomic mass is 9.87. The van der Waals surface area contributed by atoms with Crippen LogP contribution in [0, 0.1) is 6.92 Å². The molecule has 1 aromatic carbocycles. The monoisotopic (exact) mass is 382 g/mol. The van der Waals surface area contributed by atoms with E-state index in [9.17, 15) is 4.79 Å². The van der Waals surface area contributed by atoms with Gasteiger partial charge < -0.3 is 19.1 Å². The number of aromatic nitrogens is 2. The van der Waals surface area contributed by atoms with Crippen LogP contribution in [0.5, 0.6) is 0 Å². The summed E-state index contributed by atoms with van der Waals surface area (Å²) >= 11 is 0. The number of carbonyl (C=O) groups is 1. The molecule has 1 spiro atoms. The summed E-state index contributed by atoms with van der Waals surface area (Å²) in [5, 5.41) is 3.99. The van der Waals surface area contributed by atoms with E-state index in [-0.39, 0.29) is 11.5 Å². The number of ether oxygens (including phenoxy) is 1. The van der Waals surface area contributed by atoms with E-state index in [1.165, 1.54) is 0 Å². The molecular formula is C21H26N4O3. The number of nitrogens with zero attached hydrogens (tertiary/aromatic N) is 4. The lowest BCUT2D eigenvalue weighted by Gasteiger charge is -2.39. The molecule has 1 aromatic heterocycles. The SMILES string of the molecule is Cc1nc(N2CCC3(CC2)CC(=O)N(CC=Cc2ccccc2)CCO3)no1. The summed E-state index contributed by atoms with van der Waals surface area (Å²) in [5.74, 6) is 1.36. The van der Waals surface area contributed by atoms with Gasteiger partial charge in [-0.1, -0.05) is 42.5 Å². The second-order valence-corrected chi connectivity index (χ2v) is 7.46. The van der Waals surface area contributed by atoms with Gasteiger partial charge in [-0.15, -0.1) is 0 Å². The van der Waals surface area contributed by atoms with Crippen molar-refractivity contribution in [3.63, 3.8) is 0 Å². The molecule has 2 fully saturated rings. The van der Waals surface area contributed by atoms with Crippen molar-refractivity contribution < 1.29 is 14.1 Å². The maximum atomic E-state index is 12.8. The number of anilines is 1. The van der Waals surface area contributed by atoms with Crippen molar-refractivity contribution in [3.8, 4) is 0 Å². The Balaban J connectivity index is 1.33. The summed E-state index contributed by atoms with van der Waals surface area (Å²) in [6.45, 7) is 5.14. The van der Waals surface area contributed by atoms with E-state index in [2.05, 4.69) is 33.2 Å². The Bertz CT molecular complexity index is 825. The van der Waals surface area contributed by atoms with E-state index in [1.54, 1.807) is 6.92 Å². The number of rotatable bonds is 4. The maximum absolute atomic E-state index is 12.8. The third-order valence-electron chi connectivity index (χ3n) is 5.51. The number of carbonyl (C=O) groups excluding carboxylic acids is 1. The van der Waals surface area contributed by atoms with Gasteiger partial charge in [0.2, 0.25) is 11.8 Å². The molecule has 0 N–H and O–H groups in total. The Hall–Kier alpha value is -2.67. The van der Waals surface area contributed by atoms with Crippen molar-refractivity contribution in [2.75, 3.05) is 37.7 Å². The minimum Gasteiger partial charge on any atom is -0.372 e. The highest BCUT2D eigenvalue weighted by Crippen LogP contribution is 2.33. The molecule has 3 heterocycles. The van der Waals surface area contributed by atoms with Gasteiger partial charge in [0.15, 0.2) is 0 Å². The molecule has 148 valence electrons. The van der Waals surface area contributed by atoms with Crippen LogP contribution < -0.4 is 4.90 Å². The van der Waals surface area contributed by atoms with Crippen molar-refractivity contribution >= 4 is 17.9 Å². The zero-order valence-corrected chi connectivity index (χ0v) is 16.2. The van der Waals surface area contributed by atoms with Crippen LogP contribution in [0.1, 0.15) is 30.7 Å². The second kappa shape index (κ2) is 8.14. The van der Waals surface area contributed by atoms with Gasteiger partial charge in [0.1, 0.15) is 0 Å². The largest absolute Gasteiger partial charge is 0.372 e.